The molecule has 9 heteroatoms. The highest BCUT2D eigenvalue weighted by atomic mass is 16.2. The van der Waals surface area contributed by atoms with Crippen molar-refractivity contribution in [3.63, 3.8) is 0 Å². The van der Waals surface area contributed by atoms with E-state index >= 15 is 0 Å². The van der Waals surface area contributed by atoms with Crippen LogP contribution in [0.4, 0.5) is 5.69 Å². The first-order chi connectivity index (χ1) is 15.5. The van der Waals surface area contributed by atoms with E-state index in [-0.39, 0.29) is 24.3 Å². The van der Waals surface area contributed by atoms with Gasteiger partial charge in [-0.25, -0.2) is 4.99 Å². The van der Waals surface area contributed by atoms with Gasteiger partial charge in [0.1, 0.15) is 6.04 Å². The molecule has 1 aromatic heterocycles. The number of carbonyl (C=O) groups is 2. The lowest BCUT2D eigenvalue weighted by atomic mass is 10.1. The predicted molar refractivity (Wildman–Crippen MR) is 123 cm³/mol. The number of amides is 2. The quantitative estimate of drug-likeness (QED) is 0.295. The van der Waals surface area contributed by atoms with Crippen LogP contribution in [0.3, 0.4) is 0 Å². The topological polar surface area (TPSA) is 117 Å². The van der Waals surface area contributed by atoms with E-state index in [4.69, 9.17) is 0 Å². The van der Waals surface area contributed by atoms with Crippen molar-refractivity contribution in [3.05, 3.63) is 30.0 Å². The van der Waals surface area contributed by atoms with Gasteiger partial charge in [0.2, 0.25) is 17.8 Å². The molecule has 0 spiro atoms. The van der Waals surface area contributed by atoms with Crippen molar-refractivity contribution in [2.24, 2.45) is 4.99 Å². The highest BCUT2D eigenvalue weighted by molar-refractivity contribution is 5.98. The zero-order chi connectivity index (χ0) is 22.5. The van der Waals surface area contributed by atoms with Crippen LogP contribution in [0.2, 0.25) is 0 Å². The minimum Gasteiger partial charge on any atom is -0.359 e. The Kier molecular flexibility index (Phi) is 6.59. The third kappa shape index (κ3) is 5.02. The summed E-state index contributed by atoms with van der Waals surface area (Å²) in [5.74, 6) is 0.0695. The van der Waals surface area contributed by atoms with Crippen LogP contribution in [0.15, 0.2) is 29.3 Å². The number of likely N-dealkylation sites (tertiary alicyclic amines) is 2. The van der Waals surface area contributed by atoms with E-state index in [0.29, 0.717) is 13.0 Å². The van der Waals surface area contributed by atoms with Crippen LogP contribution in [-0.2, 0) is 9.59 Å². The van der Waals surface area contributed by atoms with Gasteiger partial charge in [0.05, 0.1) is 6.54 Å². The molecule has 2 aliphatic heterocycles. The van der Waals surface area contributed by atoms with E-state index in [9.17, 15) is 14.9 Å². The molecule has 3 N–H and O–H groups in total. The standard InChI is InChI=1S/C23H29N7O2/c1-16-12-17-13-18(7-8-19(17)26-16)27-23(25-15-24)28-20-6-2-3-11-30(22(20)32)14-21(31)29-9-4-5-10-29/h7-8,12-13,20,26H,2-6,9-11,14H2,1H3,(H2,25,27,28)/t20-/m0/s1. The molecule has 2 fully saturated rings. The number of aryl methyl sites for hydroxylation is 1. The lowest BCUT2D eigenvalue weighted by Gasteiger charge is -2.25. The first-order valence-electron chi connectivity index (χ1n) is 11.2. The average Bonchev–Trinajstić information content (AvgIpc) is 3.39. The number of rotatable bonds is 4. The lowest BCUT2D eigenvalue weighted by Crippen LogP contribution is -2.45. The molecule has 3 heterocycles. The molecule has 32 heavy (non-hydrogen) atoms. The Balaban J connectivity index is 1.49. The van der Waals surface area contributed by atoms with Crippen molar-refractivity contribution in [3.8, 4) is 6.19 Å². The van der Waals surface area contributed by atoms with Crippen LogP contribution in [0.1, 0.15) is 37.8 Å². The van der Waals surface area contributed by atoms with E-state index in [1.807, 2.05) is 42.3 Å². The average molecular weight is 436 g/mol. The summed E-state index contributed by atoms with van der Waals surface area (Å²) in [6, 6.07) is 7.22. The maximum absolute atomic E-state index is 13.2. The molecule has 2 aromatic rings. The second kappa shape index (κ2) is 9.73. The maximum atomic E-state index is 13.2. The van der Waals surface area contributed by atoms with E-state index < -0.39 is 6.04 Å². The van der Waals surface area contributed by atoms with Crippen LogP contribution in [0.25, 0.3) is 10.9 Å². The van der Waals surface area contributed by atoms with Crippen LogP contribution in [-0.4, -0.2) is 64.8 Å². The van der Waals surface area contributed by atoms with Crippen LogP contribution in [0.5, 0.6) is 0 Å². The molecule has 0 radical (unpaired) electrons. The van der Waals surface area contributed by atoms with Gasteiger partial charge in [-0.1, -0.05) is 0 Å². The minimum absolute atomic E-state index is 0.00377. The summed E-state index contributed by atoms with van der Waals surface area (Å²) in [5.41, 5.74) is 2.85. The Morgan fingerprint density at radius 1 is 1.22 bits per heavy atom. The number of carbonyl (C=O) groups excluding carboxylic acids is 2. The van der Waals surface area contributed by atoms with E-state index in [0.717, 1.165) is 61.1 Å². The first-order valence-corrected chi connectivity index (χ1v) is 11.2. The molecule has 1 aromatic carbocycles. The monoisotopic (exact) mass is 435 g/mol. The molecular formula is C23H29N7O2. The fraction of sp³-hybridized carbons (Fsp3) is 0.478. The van der Waals surface area contributed by atoms with E-state index in [2.05, 4.69) is 20.6 Å². The number of nitrogens with zero attached hydrogens (tertiary/aromatic N) is 4. The second-order valence-electron chi connectivity index (χ2n) is 8.45. The summed E-state index contributed by atoms with van der Waals surface area (Å²) in [5, 5.41) is 15.9. The number of nitrogens with one attached hydrogen (secondary N) is 3. The molecule has 1 atom stereocenters. The van der Waals surface area contributed by atoms with Gasteiger partial charge in [0.25, 0.3) is 0 Å². The number of hydrogen-bond donors (Lipinski definition) is 3. The molecule has 0 bridgehead atoms. The molecular weight excluding hydrogens is 406 g/mol. The minimum atomic E-state index is -0.634. The normalized spacial score (nSPS) is 19.7. The van der Waals surface area contributed by atoms with E-state index in [1.54, 1.807) is 4.90 Å². The third-order valence-electron chi connectivity index (χ3n) is 6.01. The van der Waals surface area contributed by atoms with Crippen LogP contribution < -0.4 is 10.6 Å². The lowest BCUT2D eigenvalue weighted by molar-refractivity contribution is -0.140. The number of fused-ring (bicyclic) bond motifs is 1. The Hall–Kier alpha value is -3.54. The molecule has 0 aliphatic carbocycles. The summed E-state index contributed by atoms with van der Waals surface area (Å²) in [6.45, 7) is 4.20. The fourth-order valence-electron chi connectivity index (χ4n) is 4.39. The molecule has 9 nitrogen and oxygen atoms in total. The fourth-order valence-corrected chi connectivity index (χ4v) is 4.39. The number of aliphatic imine (C=N–C) groups is 1. The molecule has 0 unspecified atom stereocenters. The van der Waals surface area contributed by atoms with Crippen molar-refractivity contribution in [1.29, 1.82) is 5.26 Å². The Bertz CT molecular complexity index is 1060. The van der Waals surface area contributed by atoms with Gasteiger partial charge in [0, 0.05) is 41.9 Å². The molecule has 2 amide bonds. The molecule has 4 rings (SSSR count). The summed E-state index contributed by atoms with van der Waals surface area (Å²) >= 11 is 0. The largest absolute Gasteiger partial charge is 0.359 e. The molecule has 2 saturated heterocycles. The highest BCUT2D eigenvalue weighted by Gasteiger charge is 2.30. The molecule has 2 aliphatic rings. The number of H-pyrrole nitrogens is 1. The van der Waals surface area contributed by atoms with Gasteiger partial charge in [-0.15, -0.1) is 0 Å². The predicted octanol–water partition coefficient (Wildman–Crippen LogP) is 2.32. The summed E-state index contributed by atoms with van der Waals surface area (Å²) in [7, 11) is 0. The second-order valence-corrected chi connectivity index (χ2v) is 8.45. The Morgan fingerprint density at radius 2 is 2.00 bits per heavy atom. The van der Waals surface area contributed by atoms with Crippen molar-refractivity contribution in [2.75, 3.05) is 31.5 Å². The van der Waals surface area contributed by atoms with E-state index in [1.165, 1.54) is 0 Å². The Morgan fingerprint density at radius 3 is 2.78 bits per heavy atom. The summed E-state index contributed by atoms with van der Waals surface area (Å²) in [6.07, 6.45) is 6.20. The number of guanidine groups is 1. The van der Waals surface area contributed by atoms with Gasteiger partial charge in [-0.3, -0.25) is 14.9 Å². The maximum Gasteiger partial charge on any atom is 0.247 e. The van der Waals surface area contributed by atoms with Gasteiger partial charge in [-0.05, 0) is 63.3 Å². The van der Waals surface area contributed by atoms with Gasteiger partial charge in [0.15, 0.2) is 6.19 Å². The number of hydrogen-bond acceptors (Lipinski definition) is 4. The highest BCUT2D eigenvalue weighted by Crippen LogP contribution is 2.21. The zero-order valence-electron chi connectivity index (χ0n) is 18.4. The smallest absolute Gasteiger partial charge is 0.247 e. The van der Waals surface area contributed by atoms with Gasteiger partial charge in [-0.2, -0.15) is 5.26 Å². The van der Waals surface area contributed by atoms with Crippen LogP contribution >= 0.6 is 0 Å². The van der Waals surface area contributed by atoms with Crippen molar-refractivity contribution >= 4 is 34.4 Å². The number of aromatic amines is 1. The van der Waals surface area contributed by atoms with Gasteiger partial charge < -0.3 is 20.1 Å². The van der Waals surface area contributed by atoms with Crippen molar-refractivity contribution in [2.45, 2.75) is 45.1 Å². The number of aromatic nitrogens is 1. The number of nitriles is 1. The summed E-state index contributed by atoms with van der Waals surface area (Å²) < 4.78 is 0. The number of anilines is 1. The van der Waals surface area contributed by atoms with Crippen LogP contribution in [0, 0.1) is 18.4 Å². The summed E-state index contributed by atoms with van der Waals surface area (Å²) in [4.78, 5) is 37.0. The van der Waals surface area contributed by atoms with Crippen molar-refractivity contribution < 1.29 is 9.59 Å². The van der Waals surface area contributed by atoms with Crippen molar-refractivity contribution in [1.82, 2.24) is 20.1 Å². The Labute approximate surface area is 187 Å². The third-order valence-corrected chi connectivity index (χ3v) is 6.01. The van der Waals surface area contributed by atoms with Gasteiger partial charge >= 0.3 is 0 Å². The first kappa shape index (κ1) is 21.7. The molecule has 0 saturated carbocycles. The SMILES string of the molecule is Cc1cc2cc(NC(=N[C@H]3CCCCN(CC(=O)N4CCCC4)C3=O)NC#N)ccc2[nH]1. The number of benzene rings is 1. The zero-order valence-corrected chi connectivity index (χ0v) is 18.4. The molecule has 168 valence electrons.